The molecule has 5 heteroatoms. The molecule has 0 aromatic carbocycles. The highest BCUT2D eigenvalue weighted by molar-refractivity contribution is 5.67. The Balaban J connectivity index is 1.98. The molecule has 19 heavy (non-hydrogen) atoms. The number of aromatic nitrogens is 3. The summed E-state index contributed by atoms with van der Waals surface area (Å²) in [4.78, 5) is 11.6. The highest BCUT2D eigenvalue weighted by Gasteiger charge is 2.20. The summed E-state index contributed by atoms with van der Waals surface area (Å²) in [5.41, 5.74) is 0.955. The fourth-order valence-electron chi connectivity index (χ4n) is 2.61. The molecule has 3 rings (SSSR count). The Morgan fingerprint density at radius 1 is 1.37 bits per heavy atom. The third kappa shape index (κ3) is 2.37. The van der Waals surface area contributed by atoms with E-state index in [1.54, 1.807) is 0 Å². The minimum atomic E-state index is 0.823. The summed E-state index contributed by atoms with van der Waals surface area (Å²) in [5.74, 6) is 2.75. The van der Waals surface area contributed by atoms with Crippen LogP contribution in [-0.4, -0.2) is 34.0 Å². The van der Waals surface area contributed by atoms with E-state index < -0.39 is 0 Å². The van der Waals surface area contributed by atoms with Crippen LogP contribution in [0.3, 0.4) is 0 Å². The van der Waals surface area contributed by atoms with Crippen molar-refractivity contribution in [1.29, 1.82) is 0 Å². The maximum Gasteiger partial charge on any atom is 0.180 e. The van der Waals surface area contributed by atoms with Crippen molar-refractivity contribution in [3.05, 3.63) is 18.6 Å². The first-order valence-corrected chi connectivity index (χ1v) is 7.10. The second-order valence-electron chi connectivity index (χ2n) is 5.31. The topological polar surface area (TPSA) is 45.5 Å². The first kappa shape index (κ1) is 12.3. The standard InChI is InChI=1S/C14H21N5/c1-3-15-12-10-19-9-6-16-13(19)14(17-12)18-7-4-11(2)5-8-18/h6,9-11,15H,3-5,7-8H2,1-2H3. The number of piperidine rings is 1. The summed E-state index contributed by atoms with van der Waals surface area (Å²) in [5, 5.41) is 3.29. The molecule has 0 radical (unpaired) electrons. The third-order valence-corrected chi connectivity index (χ3v) is 3.80. The van der Waals surface area contributed by atoms with Crippen LogP contribution in [0.15, 0.2) is 18.6 Å². The first-order valence-electron chi connectivity index (χ1n) is 7.10. The molecule has 0 saturated carbocycles. The summed E-state index contributed by atoms with van der Waals surface area (Å²) >= 11 is 0. The van der Waals surface area contributed by atoms with Gasteiger partial charge in [-0.25, -0.2) is 9.97 Å². The molecular formula is C14H21N5. The van der Waals surface area contributed by atoms with Gasteiger partial charge in [0.15, 0.2) is 11.5 Å². The lowest BCUT2D eigenvalue weighted by atomic mass is 9.99. The highest BCUT2D eigenvalue weighted by Crippen LogP contribution is 2.25. The molecular weight excluding hydrogens is 238 g/mol. The molecule has 1 N–H and O–H groups in total. The van der Waals surface area contributed by atoms with Crippen LogP contribution in [0.5, 0.6) is 0 Å². The predicted octanol–water partition coefficient (Wildman–Crippen LogP) is 2.40. The van der Waals surface area contributed by atoms with Crippen molar-refractivity contribution in [3.63, 3.8) is 0 Å². The monoisotopic (exact) mass is 259 g/mol. The largest absolute Gasteiger partial charge is 0.369 e. The molecule has 1 fully saturated rings. The van der Waals surface area contributed by atoms with E-state index in [-0.39, 0.29) is 0 Å². The zero-order valence-corrected chi connectivity index (χ0v) is 11.6. The van der Waals surface area contributed by atoms with Gasteiger partial charge in [-0.05, 0) is 25.7 Å². The van der Waals surface area contributed by atoms with Crippen molar-refractivity contribution in [2.45, 2.75) is 26.7 Å². The zero-order valence-electron chi connectivity index (χ0n) is 11.6. The number of hydrogen-bond donors (Lipinski definition) is 1. The quantitative estimate of drug-likeness (QED) is 0.919. The van der Waals surface area contributed by atoms with E-state index in [0.29, 0.717) is 0 Å². The highest BCUT2D eigenvalue weighted by atomic mass is 15.2. The molecule has 0 bridgehead atoms. The Morgan fingerprint density at radius 3 is 2.89 bits per heavy atom. The Kier molecular flexibility index (Phi) is 3.27. The van der Waals surface area contributed by atoms with E-state index in [1.165, 1.54) is 12.8 Å². The maximum atomic E-state index is 4.74. The van der Waals surface area contributed by atoms with Crippen molar-refractivity contribution in [1.82, 2.24) is 14.4 Å². The van der Waals surface area contributed by atoms with Gasteiger partial charge in [0.25, 0.3) is 0 Å². The van der Waals surface area contributed by atoms with E-state index in [0.717, 1.165) is 42.8 Å². The van der Waals surface area contributed by atoms with Crippen LogP contribution in [0.2, 0.25) is 0 Å². The minimum absolute atomic E-state index is 0.823. The first-order chi connectivity index (χ1) is 9.28. The molecule has 1 aliphatic heterocycles. The lowest BCUT2D eigenvalue weighted by Gasteiger charge is -2.31. The van der Waals surface area contributed by atoms with Gasteiger partial charge in [0.05, 0.1) is 6.20 Å². The fourth-order valence-corrected chi connectivity index (χ4v) is 2.61. The lowest BCUT2D eigenvalue weighted by molar-refractivity contribution is 0.437. The van der Waals surface area contributed by atoms with Crippen LogP contribution >= 0.6 is 0 Å². The molecule has 0 amide bonds. The average molecular weight is 259 g/mol. The number of imidazole rings is 1. The number of hydrogen-bond acceptors (Lipinski definition) is 4. The molecule has 2 aromatic heterocycles. The van der Waals surface area contributed by atoms with Gasteiger partial charge in [-0.3, -0.25) is 0 Å². The number of rotatable bonds is 3. The summed E-state index contributed by atoms with van der Waals surface area (Å²) in [6.07, 6.45) is 8.29. The molecule has 1 saturated heterocycles. The van der Waals surface area contributed by atoms with Crippen LogP contribution in [0, 0.1) is 5.92 Å². The molecule has 5 nitrogen and oxygen atoms in total. The van der Waals surface area contributed by atoms with E-state index in [9.17, 15) is 0 Å². The van der Waals surface area contributed by atoms with Crippen molar-refractivity contribution >= 4 is 17.3 Å². The number of anilines is 2. The molecule has 2 aromatic rings. The predicted molar refractivity (Wildman–Crippen MR) is 77.8 cm³/mol. The number of fused-ring (bicyclic) bond motifs is 1. The number of nitrogens with one attached hydrogen (secondary N) is 1. The number of nitrogens with zero attached hydrogens (tertiary/aromatic N) is 4. The second-order valence-corrected chi connectivity index (χ2v) is 5.31. The van der Waals surface area contributed by atoms with Crippen molar-refractivity contribution in [2.75, 3.05) is 29.9 Å². The van der Waals surface area contributed by atoms with Gasteiger partial charge in [0.2, 0.25) is 0 Å². The van der Waals surface area contributed by atoms with E-state index in [2.05, 4.69) is 33.4 Å². The molecule has 0 aliphatic carbocycles. The molecule has 3 heterocycles. The summed E-state index contributed by atoms with van der Waals surface area (Å²) in [7, 11) is 0. The third-order valence-electron chi connectivity index (χ3n) is 3.80. The Hall–Kier alpha value is -1.78. The van der Waals surface area contributed by atoms with E-state index >= 15 is 0 Å². The van der Waals surface area contributed by atoms with Gasteiger partial charge in [-0.2, -0.15) is 0 Å². The smallest absolute Gasteiger partial charge is 0.180 e. The molecule has 102 valence electrons. The van der Waals surface area contributed by atoms with Crippen molar-refractivity contribution in [3.8, 4) is 0 Å². The van der Waals surface area contributed by atoms with Gasteiger partial charge < -0.3 is 14.6 Å². The van der Waals surface area contributed by atoms with Gasteiger partial charge in [0.1, 0.15) is 5.82 Å². The normalized spacial score (nSPS) is 17.1. The van der Waals surface area contributed by atoms with Gasteiger partial charge in [0, 0.05) is 32.0 Å². The van der Waals surface area contributed by atoms with E-state index in [1.807, 2.05) is 18.6 Å². The second kappa shape index (κ2) is 5.07. The van der Waals surface area contributed by atoms with Crippen LogP contribution in [0.25, 0.3) is 5.65 Å². The Morgan fingerprint density at radius 2 is 2.16 bits per heavy atom. The molecule has 0 atom stereocenters. The van der Waals surface area contributed by atoms with E-state index in [4.69, 9.17) is 4.98 Å². The van der Waals surface area contributed by atoms with Gasteiger partial charge >= 0.3 is 0 Å². The van der Waals surface area contributed by atoms with Crippen molar-refractivity contribution in [2.24, 2.45) is 5.92 Å². The van der Waals surface area contributed by atoms with Crippen molar-refractivity contribution < 1.29 is 0 Å². The zero-order chi connectivity index (χ0) is 13.2. The fraction of sp³-hybridized carbons (Fsp3) is 0.571. The van der Waals surface area contributed by atoms with Gasteiger partial charge in [-0.1, -0.05) is 6.92 Å². The summed E-state index contributed by atoms with van der Waals surface area (Å²) in [6.45, 7) is 7.44. The molecule has 1 aliphatic rings. The van der Waals surface area contributed by atoms with Gasteiger partial charge in [-0.15, -0.1) is 0 Å². The van der Waals surface area contributed by atoms with Crippen LogP contribution < -0.4 is 10.2 Å². The summed E-state index contributed by atoms with van der Waals surface area (Å²) in [6, 6.07) is 0. The average Bonchev–Trinajstić information content (AvgIpc) is 2.87. The van der Waals surface area contributed by atoms with Crippen LogP contribution in [-0.2, 0) is 0 Å². The minimum Gasteiger partial charge on any atom is -0.369 e. The van der Waals surface area contributed by atoms with Crippen LogP contribution in [0.1, 0.15) is 26.7 Å². The Bertz CT molecular complexity index is 554. The Labute approximate surface area is 113 Å². The lowest BCUT2D eigenvalue weighted by Crippen LogP contribution is -2.34. The molecule has 0 unspecified atom stereocenters. The molecule has 0 spiro atoms. The maximum absolute atomic E-state index is 4.74. The SMILES string of the molecule is CCNc1cn2ccnc2c(N2CCC(C)CC2)n1. The van der Waals surface area contributed by atoms with Crippen LogP contribution in [0.4, 0.5) is 11.6 Å². The summed E-state index contributed by atoms with van der Waals surface area (Å²) < 4.78 is 2.05.